The summed E-state index contributed by atoms with van der Waals surface area (Å²) in [7, 11) is 0. The summed E-state index contributed by atoms with van der Waals surface area (Å²) in [4.78, 5) is 0. The van der Waals surface area contributed by atoms with Crippen molar-refractivity contribution in [2.24, 2.45) is 0 Å². The van der Waals surface area contributed by atoms with Crippen LogP contribution in [0.15, 0.2) is 0 Å². The third-order valence-corrected chi connectivity index (χ3v) is 3.93. The van der Waals surface area contributed by atoms with Gasteiger partial charge >= 0.3 is 5.51 Å². The summed E-state index contributed by atoms with van der Waals surface area (Å²) < 4.78 is 35.5. The summed E-state index contributed by atoms with van der Waals surface area (Å²) in [5.74, 6) is 0.547. The van der Waals surface area contributed by atoms with Crippen molar-refractivity contribution < 1.29 is 13.2 Å². The zero-order chi connectivity index (χ0) is 11.4. The first kappa shape index (κ1) is 13.5. The maximum absolute atomic E-state index is 11.8. The van der Waals surface area contributed by atoms with Crippen LogP contribution < -0.4 is 5.32 Å². The fourth-order valence-corrected chi connectivity index (χ4v) is 2.69. The highest BCUT2D eigenvalue weighted by Crippen LogP contribution is 2.32. The van der Waals surface area contributed by atoms with Crippen molar-refractivity contribution in [2.75, 3.05) is 18.2 Å². The van der Waals surface area contributed by atoms with Crippen molar-refractivity contribution in [3.05, 3.63) is 0 Å². The standard InChI is InChI=1S/C9H15ClF3NS/c10-7-8(3-1-2-4-8)14-5-6-15-9(11,12)13/h14H,1-7H2. The van der Waals surface area contributed by atoms with E-state index < -0.39 is 5.51 Å². The molecule has 1 aliphatic rings. The van der Waals surface area contributed by atoms with Crippen LogP contribution in [0.4, 0.5) is 13.2 Å². The van der Waals surface area contributed by atoms with Crippen LogP contribution in [0, 0.1) is 0 Å². The van der Waals surface area contributed by atoms with Gasteiger partial charge in [0.15, 0.2) is 0 Å². The Labute approximate surface area is 97.1 Å². The van der Waals surface area contributed by atoms with Gasteiger partial charge in [-0.05, 0) is 24.6 Å². The summed E-state index contributed by atoms with van der Waals surface area (Å²) in [5, 5.41) is 3.16. The van der Waals surface area contributed by atoms with Crippen LogP contribution in [0.5, 0.6) is 0 Å². The van der Waals surface area contributed by atoms with Crippen molar-refractivity contribution in [1.82, 2.24) is 5.32 Å². The van der Waals surface area contributed by atoms with Crippen LogP contribution in [0.25, 0.3) is 0 Å². The summed E-state index contributed by atoms with van der Waals surface area (Å²) >= 11 is 5.86. The van der Waals surface area contributed by atoms with Gasteiger partial charge in [-0.25, -0.2) is 0 Å². The van der Waals surface area contributed by atoms with Gasteiger partial charge in [0, 0.05) is 23.7 Å². The van der Waals surface area contributed by atoms with Gasteiger partial charge in [-0.2, -0.15) is 13.2 Å². The fourth-order valence-electron chi connectivity index (χ4n) is 1.89. The summed E-state index contributed by atoms with van der Waals surface area (Å²) in [6, 6.07) is 0. The predicted octanol–water partition coefficient (Wildman–Crippen LogP) is 3.38. The molecule has 1 N–H and O–H groups in total. The molecule has 0 bridgehead atoms. The highest BCUT2D eigenvalue weighted by Gasteiger charge is 2.33. The van der Waals surface area contributed by atoms with Crippen LogP contribution in [0.2, 0.25) is 0 Å². The SMILES string of the molecule is FC(F)(F)SCCNC1(CCl)CCCC1. The molecule has 0 radical (unpaired) electrons. The van der Waals surface area contributed by atoms with E-state index in [2.05, 4.69) is 5.32 Å². The molecule has 90 valence electrons. The quantitative estimate of drug-likeness (QED) is 0.602. The summed E-state index contributed by atoms with van der Waals surface area (Å²) in [5.41, 5.74) is -4.22. The third kappa shape index (κ3) is 4.83. The number of thioether (sulfide) groups is 1. The Hall–Kier alpha value is 0.390. The lowest BCUT2D eigenvalue weighted by molar-refractivity contribution is -0.0327. The van der Waals surface area contributed by atoms with Crippen LogP contribution in [0.3, 0.4) is 0 Å². The van der Waals surface area contributed by atoms with Gasteiger partial charge in [-0.1, -0.05) is 12.8 Å². The molecule has 6 heteroatoms. The first-order valence-corrected chi connectivity index (χ1v) is 6.51. The van der Waals surface area contributed by atoms with E-state index in [1.165, 1.54) is 0 Å². The number of rotatable bonds is 5. The zero-order valence-corrected chi connectivity index (χ0v) is 9.94. The minimum absolute atomic E-state index is 0.0205. The molecule has 0 aromatic rings. The summed E-state index contributed by atoms with van der Waals surface area (Å²) in [6.07, 6.45) is 4.19. The van der Waals surface area contributed by atoms with E-state index in [9.17, 15) is 13.2 Å². The van der Waals surface area contributed by atoms with Gasteiger partial charge in [0.2, 0.25) is 0 Å². The highest BCUT2D eigenvalue weighted by molar-refractivity contribution is 8.00. The number of alkyl halides is 4. The molecule has 1 saturated carbocycles. The van der Waals surface area contributed by atoms with E-state index in [0.29, 0.717) is 12.4 Å². The van der Waals surface area contributed by atoms with Crippen molar-refractivity contribution in [1.29, 1.82) is 0 Å². The summed E-state index contributed by atoms with van der Waals surface area (Å²) in [6.45, 7) is 0.372. The average molecular weight is 262 g/mol. The molecule has 0 spiro atoms. The Morgan fingerprint density at radius 1 is 1.27 bits per heavy atom. The third-order valence-electron chi connectivity index (χ3n) is 2.68. The molecule has 0 unspecified atom stereocenters. The molecule has 0 aliphatic heterocycles. The van der Waals surface area contributed by atoms with Gasteiger partial charge in [0.1, 0.15) is 0 Å². The fraction of sp³-hybridized carbons (Fsp3) is 1.00. The van der Waals surface area contributed by atoms with Crippen LogP contribution >= 0.6 is 23.4 Å². The molecule has 0 atom stereocenters. The molecular formula is C9H15ClF3NS. The van der Waals surface area contributed by atoms with Crippen molar-refractivity contribution in [2.45, 2.75) is 36.7 Å². The lowest BCUT2D eigenvalue weighted by atomic mass is 10.0. The minimum Gasteiger partial charge on any atom is -0.309 e. The number of halogens is 4. The van der Waals surface area contributed by atoms with Crippen LogP contribution in [0.1, 0.15) is 25.7 Å². The molecule has 1 nitrogen and oxygen atoms in total. The molecule has 1 fully saturated rings. The van der Waals surface area contributed by atoms with Crippen molar-refractivity contribution in [3.8, 4) is 0 Å². The maximum atomic E-state index is 11.8. The minimum atomic E-state index is -4.12. The second-order valence-corrected chi connectivity index (χ2v) is 5.27. The molecule has 0 amide bonds. The van der Waals surface area contributed by atoms with E-state index in [4.69, 9.17) is 11.6 Å². The average Bonchev–Trinajstić information content (AvgIpc) is 2.60. The first-order chi connectivity index (χ1) is 6.97. The normalized spacial score (nSPS) is 20.8. The molecule has 1 aliphatic carbocycles. The Bertz CT molecular complexity index is 192. The monoisotopic (exact) mass is 261 g/mol. The van der Waals surface area contributed by atoms with Crippen molar-refractivity contribution in [3.63, 3.8) is 0 Å². The molecule has 15 heavy (non-hydrogen) atoms. The topological polar surface area (TPSA) is 12.0 Å². The van der Waals surface area contributed by atoms with Gasteiger partial charge in [-0.15, -0.1) is 11.6 Å². The van der Waals surface area contributed by atoms with Gasteiger partial charge in [0.25, 0.3) is 0 Å². The Kier molecular flexibility index (Phi) is 5.06. The maximum Gasteiger partial charge on any atom is 0.441 e. The van der Waals surface area contributed by atoms with Crippen LogP contribution in [-0.4, -0.2) is 29.2 Å². The molecule has 1 rings (SSSR count). The molecule has 0 aromatic heterocycles. The molecule has 0 saturated heterocycles. The largest absolute Gasteiger partial charge is 0.441 e. The van der Waals surface area contributed by atoms with E-state index in [-0.39, 0.29) is 23.1 Å². The van der Waals surface area contributed by atoms with E-state index in [0.717, 1.165) is 25.7 Å². The molecule has 0 heterocycles. The second-order valence-electron chi connectivity index (χ2n) is 3.84. The lowest BCUT2D eigenvalue weighted by Gasteiger charge is -2.28. The van der Waals surface area contributed by atoms with E-state index in [1.807, 2.05) is 0 Å². The van der Waals surface area contributed by atoms with Gasteiger partial charge < -0.3 is 5.32 Å². The smallest absolute Gasteiger partial charge is 0.309 e. The second kappa shape index (κ2) is 5.64. The predicted molar refractivity (Wildman–Crippen MR) is 58.4 cm³/mol. The molecular weight excluding hydrogens is 247 g/mol. The lowest BCUT2D eigenvalue weighted by Crippen LogP contribution is -2.45. The zero-order valence-electron chi connectivity index (χ0n) is 8.37. The number of nitrogens with one attached hydrogen (secondary N) is 1. The highest BCUT2D eigenvalue weighted by atomic mass is 35.5. The van der Waals surface area contributed by atoms with Gasteiger partial charge in [-0.3, -0.25) is 0 Å². The number of hydrogen-bond acceptors (Lipinski definition) is 2. The van der Waals surface area contributed by atoms with Crippen LogP contribution in [-0.2, 0) is 0 Å². The number of hydrogen-bond donors (Lipinski definition) is 1. The van der Waals surface area contributed by atoms with E-state index in [1.54, 1.807) is 0 Å². The first-order valence-electron chi connectivity index (χ1n) is 4.99. The molecule has 0 aromatic carbocycles. The van der Waals surface area contributed by atoms with E-state index >= 15 is 0 Å². The Morgan fingerprint density at radius 3 is 2.33 bits per heavy atom. The van der Waals surface area contributed by atoms with Gasteiger partial charge in [0.05, 0.1) is 0 Å². The Morgan fingerprint density at radius 2 is 1.87 bits per heavy atom. The Balaban J connectivity index is 2.18. The van der Waals surface area contributed by atoms with Crippen molar-refractivity contribution >= 4 is 23.4 Å².